The van der Waals surface area contributed by atoms with Crippen molar-refractivity contribution in [3.05, 3.63) is 17.6 Å². The second kappa shape index (κ2) is 5.99. The van der Waals surface area contributed by atoms with Gasteiger partial charge in [0.2, 0.25) is 0 Å². The van der Waals surface area contributed by atoms with Crippen LogP contribution in [-0.4, -0.2) is 28.0 Å². The molecule has 1 aromatic heterocycles. The fraction of sp³-hybridized carbons (Fsp3) is 0.643. The summed E-state index contributed by atoms with van der Waals surface area (Å²) in [5, 5.41) is 6.11. The van der Waals surface area contributed by atoms with Gasteiger partial charge in [-0.2, -0.15) is 0 Å². The lowest BCUT2D eigenvalue weighted by molar-refractivity contribution is 0.0943. The van der Waals surface area contributed by atoms with Crippen LogP contribution in [0.4, 0.5) is 5.82 Å². The Bertz CT molecular complexity index is 449. The molecule has 0 bridgehead atoms. The quantitative estimate of drug-likeness (QED) is 0.876. The summed E-state index contributed by atoms with van der Waals surface area (Å²) < 4.78 is 0. The Balaban J connectivity index is 2.87. The summed E-state index contributed by atoms with van der Waals surface area (Å²) in [6, 6.07) is 1.69. The molecule has 0 unspecified atom stereocenters. The molecule has 1 rings (SSSR count). The molecule has 106 valence electrons. The predicted molar refractivity (Wildman–Crippen MR) is 77.3 cm³/mol. The third kappa shape index (κ3) is 5.68. The maximum Gasteiger partial charge on any atom is 0.270 e. The standard InChI is InChI=1S/C14H24N4O/c1-9(2)8-15-13(19)11-7-12(17-10(3)16-11)18-14(4,5)6/h7,9H,8H2,1-6H3,(H,15,19)(H,16,17,18). The first-order chi connectivity index (χ1) is 8.67. The van der Waals surface area contributed by atoms with Gasteiger partial charge in [-0.15, -0.1) is 0 Å². The van der Waals surface area contributed by atoms with Crippen LogP contribution in [-0.2, 0) is 0 Å². The molecule has 19 heavy (non-hydrogen) atoms. The summed E-state index contributed by atoms with van der Waals surface area (Å²) in [6.45, 7) is 12.7. The van der Waals surface area contributed by atoms with Gasteiger partial charge in [0.15, 0.2) is 0 Å². The third-order valence-electron chi connectivity index (χ3n) is 2.24. The lowest BCUT2D eigenvalue weighted by Crippen LogP contribution is -2.30. The van der Waals surface area contributed by atoms with Crippen LogP contribution in [0, 0.1) is 12.8 Å². The van der Waals surface area contributed by atoms with Crippen molar-refractivity contribution in [1.82, 2.24) is 15.3 Å². The molecule has 1 aromatic rings. The zero-order valence-corrected chi connectivity index (χ0v) is 12.7. The number of amides is 1. The highest BCUT2D eigenvalue weighted by Crippen LogP contribution is 2.13. The van der Waals surface area contributed by atoms with Gasteiger partial charge < -0.3 is 10.6 Å². The topological polar surface area (TPSA) is 66.9 Å². The lowest BCUT2D eigenvalue weighted by atomic mass is 10.1. The molecular weight excluding hydrogens is 240 g/mol. The van der Waals surface area contributed by atoms with E-state index in [1.165, 1.54) is 0 Å². The highest BCUT2D eigenvalue weighted by molar-refractivity contribution is 5.92. The molecule has 1 amide bonds. The molecule has 2 N–H and O–H groups in total. The van der Waals surface area contributed by atoms with Crippen molar-refractivity contribution in [2.75, 3.05) is 11.9 Å². The van der Waals surface area contributed by atoms with E-state index in [1.807, 2.05) is 20.8 Å². The molecule has 0 atom stereocenters. The molecule has 0 radical (unpaired) electrons. The van der Waals surface area contributed by atoms with Gasteiger partial charge in [-0.05, 0) is 33.6 Å². The van der Waals surface area contributed by atoms with Crippen molar-refractivity contribution in [2.24, 2.45) is 5.92 Å². The van der Waals surface area contributed by atoms with E-state index < -0.39 is 0 Å². The van der Waals surface area contributed by atoms with Crippen LogP contribution in [0.1, 0.15) is 50.9 Å². The molecule has 5 heteroatoms. The van der Waals surface area contributed by atoms with Gasteiger partial charge in [0, 0.05) is 18.2 Å². The molecule has 1 heterocycles. The molecule has 0 aromatic carbocycles. The van der Waals surface area contributed by atoms with Gasteiger partial charge in [0.1, 0.15) is 17.3 Å². The van der Waals surface area contributed by atoms with Crippen molar-refractivity contribution < 1.29 is 4.79 Å². The van der Waals surface area contributed by atoms with Gasteiger partial charge in [0.25, 0.3) is 5.91 Å². The summed E-state index contributed by atoms with van der Waals surface area (Å²) >= 11 is 0. The summed E-state index contributed by atoms with van der Waals surface area (Å²) in [4.78, 5) is 20.5. The largest absolute Gasteiger partial charge is 0.365 e. The molecule has 0 fully saturated rings. The first-order valence-corrected chi connectivity index (χ1v) is 6.59. The van der Waals surface area contributed by atoms with Crippen LogP contribution in [0.2, 0.25) is 0 Å². The van der Waals surface area contributed by atoms with Crippen LogP contribution >= 0.6 is 0 Å². The minimum absolute atomic E-state index is 0.105. The number of carbonyl (C=O) groups is 1. The zero-order valence-electron chi connectivity index (χ0n) is 12.7. The van der Waals surface area contributed by atoms with Gasteiger partial charge in [-0.3, -0.25) is 4.79 Å². The Labute approximate surface area is 115 Å². The van der Waals surface area contributed by atoms with Crippen molar-refractivity contribution >= 4 is 11.7 Å². The van der Waals surface area contributed by atoms with E-state index in [9.17, 15) is 4.79 Å². The average molecular weight is 264 g/mol. The number of nitrogens with one attached hydrogen (secondary N) is 2. The number of hydrogen-bond donors (Lipinski definition) is 2. The van der Waals surface area contributed by atoms with E-state index in [2.05, 4.69) is 34.4 Å². The Morgan fingerprint density at radius 1 is 1.32 bits per heavy atom. The first kappa shape index (κ1) is 15.4. The van der Waals surface area contributed by atoms with Gasteiger partial charge >= 0.3 is 0 Å². The van der Waals surface area contributed by atoms with E-state index >= 15 is 0 Å². The summed E-state index contributed by atoms with van der Waals surface area (Å²) in [7, 11) is 0. The third-order valence-corrected chi connectivity index (χ3v) is 2.24. The second-order valence-electron chi connectivity index (χ2n) is 6.16. The number of hydrogen-bond acceptors (Lipinski definition) is 4. The van der Waals surface area contributed by atoms with E-state index in [0.29, 0.717) is 29.8 Å². The average Bonchev–Trinajstić information content (AvgIpc) is 2.22. The monoisotopic (exact) mass is 264 g/mol. The van der Waals surface area contributed by atoms with E-state index in [4.69, 9.17) is 0 Å². The molecule has 5 nitrogen and oxygen atoms in total. The van der Waals surface area contributed by atoms with Crippen molar-refractivity contribution in [3.63, 3.8) is 0 Å². The van der Waals surface area contributed by atoms with Crippen molar-refractivity contribution in [2.45, 2.75) is 47.1 Å². The van der Waals surface area contributed by atoms with Gasteiger partial charge in [0.05, 0.1) is 0 Å². The predicted octanol–water partition coefficient (Wildman–Crippen LogP) is 2.38. The fourth-order valence-electron chi connectivity index (χ4n) is 1.52. The van der Waals surface area contributed by atoms with Gasteiger partial charge in [-0.1, -0.05) is 13.8 Å². The molecule has 0 aliphatic rings. The van der Waals surface area contributed by atoms with Crippen LogP contribution in [0.25, 0.3) is 0 Å². The first-order valence-electron chi connectivity index (χ1n) is 6.59. The lowest BCUT2D eigenvalue weighted by Gasteiger charge is -2.21. The number of aryl methyl sites for hydroxylation is 1. The second-order valence-corrected chi connectivity index (χ2v) is 6.16. The Kier molecular flexibility index (Phi) is 4.86. The molecule has 0 aliphatic heterocycles. The maximum atomic E-state index is 12.0. The molecular formula is C14H24N4O. The minimum atomic E-state index is -0.156. The summed E-state index contributed by atoms with van der Waals surface area (Å²) in [5.41, 5.74) is 0.298. The zero-order chi connectivity index (χ0) is 14.6. The Hall–Kier alpha value is -1.65. The number of carbonyl (C=O) groups excluding carboxylic acids is 1. The fourth-order valence-corrected chi connectivity index (χ4v) is 1.52. The number of aromatic nitrogens is 2. The molecule has 0 saturated heterocycles. The van der Waals surface area contributed by atoms with E-state index in [-0.39, 0.29) is 11.4 Å². The number of rotatable bonds is 4. The highest BCUT2D eigenvalue weighted by Gasteiger charge is 2.14. The Morgan fingerprint density at radius 2 is 1.95 bits per heavy atom. The van der Waals surface area contributed by atoms with Crippen LogP contribution in [0.3, 0.4) is 0 Å². The van der Waals surface area contributed by atoms with E-state index in [1.54, 1.807) is 13.0 Å². The van der Waals surface area contributed by atoms with E-state index in [0.717, 1.165) is 0 Å². The smallest absolute Gasteiger partial charge is 0.270 e. The molecule has 0 spiro atoms. The highest BCUT2D eigenvalue weighted by atomic mass is 16.1. The van der Waals surface area contributed by atoms with Gasteiger partial charge in [-0.25, -0.2) is 9.97 Å². The normalized spacial score (nSPS) is 11.5. The summed E-state index contributed by atoms with van der Waals surface area (Å²) in [6.07, 6.45) is 0. The van der Waals surface area contributed by atoms with Crippen molar-refractivity contribution in [3.8, 4) is 0 Å². The number of nitrogens with zero attached hydrogens (tertiary/aromatic N) is 2. The van der Waals surface area contributed by atoms with Crippen LogP contribution in [0.15, 0.2) is 6.07 Å². The van der Waals surface area contributed by atoms with Crippen LogP contribution < -0.4 is 10.6 Å². The van der Waals surface area contributed by atoms with Crippen LogP contribution in [0.5, 0.6) is 0 Å². The maximum absolute atomic E-state index is 12.0. The minimum Gasteiger partial charge on any atom is -0.365 e. The number of anilines is 1. The molecule has 0 aliphatic carbocycles. The SMILES string of the molecule is Cc1nc(NC(C)(C)C)cc(C(=O)NCC(C)C)n1. The summed E-state index contributed by atoms with van der Waals surface area (Å²) in [5.74, 6) is 1.52. The Morgan fingerprint density at radius 3 is 2.47 bits per heavy atom. The van der Waals surface area contributed by atoms with Crippen molar-refractivity contribution in [1.29, 1.82) is 0 Å². The molecule has 0 saturated carbocycles.